The zero-order chi connectivity index (χ0) is 13.8. The van der Waals surface area contributed by atoms with Gasteiger partial charge in [0, 0.05) is 13.6 Å². The van der Waals surface area contributed by atoms with Crippen molar-refractivity contribution in [2.45, 2.75) is 26.8 Å². The summed E-state index contributed by atoms with van der Waals surface area (Å²) in [5, 5.41) is 0. The molecule has 0 aliphatic carbocycles. The fourth-order valence-corrected chi connectivity index (χ4v) is 2.26. The van der Waals surface area contributed by atoms with E-state index in [1.165, 1.54) is 16.7 Å². The zero-order valence-electron chi connectivity index (χ0n) is 12.0. The standard InChI is InChI=1S/C17H22N2/c1-4-14-6-8-15(9-7-14)12-19(3)17-10-5-13(2)11-16(17)18/h5-11H,4,12,18H2,1-3H3. The van der Waals surface area contributed by atoms with Crippen LogP contribution in [0, 0.1) is 6.92 Å². The highest BCUT2D eigenvalue weighted by atomic mass is 15.1. The summed E-state index contributed by atoms with van der Waals surface area (Å²) >= 11 is 0. The summed E-state index contributed by atoms with van der Waals surface area (Å²) in [5.41, 5.74) is 11.9. The van der Waals surface area contributed by atoms with Gasteiger partial charge in [0.05, 0.1) is 11.4 Å². The van der Waals surface area contributed by atoms with Gasteiger partial charge in [-0.3, -0.25) is 0 Å². The minimum absolute atomic E-state index is 0.840. The lowest BCUT2D eigenvalue weighted by Gasteiger charge is -2.21. The second kappa shape index (κ2) is 5.79. The van der Waals surface area contributed by atoms with Crippen LogP contribution in [0.3, 0.4) is 0 Å². The number of nitrogens with two attached hydrogens (primary N) is 1. The van der Waals surface area contributed by atoms with Gasteiger partial charge in [-0.1, -0.05) is 37.3 Å². The van der Waals surface area contributed by atoms with E-state index in [4.69, 9.17) is 5.73 Å². The largest absolute Gasteiger partial charge is 0.397 e. The summed E-state index contributed by atoms with van der Waals surface area (Å²) in [6.07, 6.45) is 1.08. The fourth-order valence-electron chi connectivity index (χ4n) is 2.26. The van der Waals surface area contributed by atoms with Crippen molar-refractivity contribution in [2.75, 3.05) is 17.7 Å². The predicted molar refractivity (Wildman–Crippen MR) is 83.5 cm³/mol. The molecule has 0 amide bonds. The quantitative estimate of drug-likeness (QED) is 0.841. The Morgan fingerprint density at radius 3 is 2.21 bits per heavy atom. The molecule has 0 heterocycles. The Kier molecular flexibility index (Phi) is 4.10. The lowest BCUT2D eigenvalue weighted by Crippen LogP contribution is -2.17. The third-order valence-electron chi connectivity index (χ3n) is 3.45. The van der Waals surface area contributed by atoms with Crippen molar-refractivity contribution in [1.29, 1.82) is 0 Å². The maximum absolute atomic E-state index is 6.08. The number of aryl methyl sites for hydroxylation is 2. The number of hydrogen-bond donors (Lipinski definition) is 1. The second-order valence-electron chi connectivity index (χ2n) is 5.09. The van der Waals surface area contributed by atoms with E-state index < -0.39 is 0 Å². The highest BCUT2D eigenvalue weighted by Crippen LogP contribution is 2.24. The van der Waals surface area contributed by atoms with Gasteiger partial charge >= 0.3 is 0 Å². The molecule has 2 heteroatoms. The molecular formula is C17H22N2. The van der Waals surface area contributed by atoms with Crippen LogP contribution in [0.1, 0.15) is 23.6 Å². The molecule has 0 radical (unpaired) electrons. The molecular weight excluding hydrogens is 232 g/mol. The fraction of sp³-hybridized carbons (Fsp3) is 0.294. The minimum Gasteiger partial charge on any atom is -0.397 e. The van der Waals surface area contributed by atoms with Crippen LogP contribution in [0.15, 0.2) is 42.5 Å². The first kappa shape index (κ1) is 13.5. The summed E-state index contributed by atoms with van der Waals surface area (Å²) in [7, 11) is 2.08. The van der Waals surface area contributed by atoms with Crippen LogP contribution in [0.4, 0.5) is 11.4 Å². The van der Waals surface area contributed by atoms with Crippen molar-refractivity contribution in [2.24, 2.45) is 0 Å². The molecule has 100 valence electrons. The third kappa shape index (κ3) is 3.28. The molecule has 0 unspecified atom stereocenters. The number of hydrogen-bond acceptors (Lipinski definition) is 2. The van der Waals surface area contributed by atoms with E-state index in [9.17, 15) is 0 Å². The van der Waals surface area contributed by atoms with Crippen molar-refractivity contribution in [3.8, 4) is 0 Å². The lowest BCUT2D eigenvalue weighted by atomic mass is 10.1. The maximum Gasteiger partial charge on any atom is 0.0600 e. The van der Waals surface area contributed by atoms with Gasteiger partial charge in [0.25, 0.3) is 0 Å². The van der Waals surface area contributed by atoms with Crippen molar-refractivity contribution in [1.82, 2.24) is 0 Å². The monoisotopic (exact) mass is 254 g/mol. The van der Waals surface area contributed by atoms with Crippen molar-refractivity contribution >= 4 is 11.4 Å². The van der Waals surface area contributed by atoms with Gasteiger partial charge in [0.2, 0.25) is 0 Å². The molecule has 0 aliphatic heterocycles. The van der Waals surface area contributed by atoms with Gasteiger partial charge in [-0.05, 0) is 42.2 Å². The van der Waals surface area contributed by atoms with E-state index in [1.807, 2.05) is 6.07 Å². The Labute approximate surface area is 115 Å². The first-order valence-electron chi connectivity index (χ1n) is 6.75. The Bertz CT molecular complexity index is 544. The maximum atomic E-state index is 6.08. The van der Waals surface area contributed by atoms with Gasteiger partial charge in [-0.25, -0.2) is 0 Å². The average Bonchev–Trinajstić information content (AvgIpc) is 2.39. The molecule has 0 spiro atoms. The van der Waals surface area contributed by atoms with Crippen molar-refractivity contribution in [3.63, 3.8) is 0 Å². The zero-order valence-corrected chi connectivity index (χ0v) is 12.0. The van der Waals surface area contributed by atoms with Crippen LogP contribution in [0.2, 0.25) is 0 Å². The minimum atomic E-state index is 0.840. The summed E-state index contributed by atoms with van der Waals surface area (Å²) in [5.74, 6) is 0. The highest BCUT2D eigenvalue weighted by molar-refractivity contribution is 5.68. The molecule has 2 nitrogen and oxygen atoms in total. The average molecular weight is 254 g/mol. The smallest absolute Gasteiger partial charge is 0.0600 e. The molecule has 2 aromatic carbocycles. The molecule has 2 rings (SSSR count). The second-order valence-corrected chi connectivity index (χ2v) is 5.09. The molecule has 0 fully saturated rings. The summed E-state index contributed by atoms with van der Waals surface area (Å²) in [6.45, 7) is 5.11. The summed E-state index contributed by atoms with van der Waals surface area (Å²) < 4.78 is 0. The molecule has 2 aromatic rings. The van der Waals surface area contributed by atoms with E-state index in [0.717, 1.165) is 24.3 Å². The van der Waals surface area contributed by atoms with Gasteiger partial charge in [-0.2, -0.15) is 0 Å². The lowest BCUT2D eigenvalue weighted by molar-refractivity contribution is 0.922. The molecule has 19 heavy (non-hydrogen) atoms. The first-order valence-corrected chi connectivity index (χ1v) is 6.75. The van der Waals surface area contributed by atoms with Crippen LogP contribution in [0.25, 0.3) is 0 Å². The summed E-state index contributed by atoms with van der Waals surface area (Å²) in [4.78, 5) is 2.19. The molecule has 0 aliphatic rings. The van der Waals surface area contributed by atoms with E-state index in [0.29, 0.717) is 0 Å². The number of nitrogens with zero attached hydrogens (tertiary/aromatic N) is 1. The first-order chi connectivity index (χ1) is 9.10. The Hall–Kier alpha value is -1.96. The topological polar surface area (TPSA) is 29.3 Å². The van der Waals surface area contributed by atoms with Crippen LogP contribution >= 0.6 is 0 Å². The van der Waals surface area contributed by atoms with Gasteiger partial charge in [0.1, 0.15) is 0 Å². The van der Waals surface area contributed by atoms with E-state index in [-0.39, 0.29) is 0 Å². The normalized spacial score (nSPS) is 10.5. The van der Waals surface area contributed by atoms with Crippen LogP contribution in [0.5, 0.6) is 0 Å². The molecule has 0 bridgehead atoms. The van der Waals surface area contributed by atoms with Crippen LogP contribution in [-0.2, 0) is 13.0 Å². The van der Waals surface area contributed by atoms with Gasteiger partial charge < -0.3 is 10.6 Å². The SMILES string of the molecule is CCc1ccc(CN(C)c2ccc(C)cc2N)cc1. The van der Waals surface area contributed by atoms with E-state index in [2.05, 4.69) is 62.2 Å². The number of nitrogen functional groups attached to an aromatic ring is 1. The van der Waals surface area contributed by atoms with E-state index >= 15 is 0 Å². The predicted octanol–water partition coefficient (Wildman–Crippen LogP) is 3.78. The van der Waals surface area contributed by atoms with Crippen molar-refractivity contribution in [3.05, 3.63) is 59.2 Å². The van der Waals surface area contributed by atoms with Gasteiger partial charge in [-0.15, -0.1) is 0 Å². The van der Waals surface area contributed by atoms with Crippen molar-refractivity contribution < 1.29 is 0 Å². The summed E-state index contributed by atoms with van der Waals surface area (Å²) in [6, 6.07) is 15.0. The molecule has 0 saturated heterocycles. The highest BCUT2D eigenvalue weighted by Gasteiger charge is 2.06. The van der Waals surface area contributed by atoms with Gasteiger partial charge in [0.15, 0.2) is 0 Å². The number of rotatable bonds is 4. The number of benzene rings is 2. The van der Waals surface area contributed by atoms with E-state index in [1.54, 1.807) is 0 Å². The molecule has 0 aromatic heterocycles. The van der Waals surface area contributed by atoms with Crippen LogP contribution < -0.4 is 10.6 Å². The Balaban J connectivity index is 2.13. The Morgan fingerprint density at radius 2 is 1.63 bits per heavy atom. The molecule has 0 atom stereocenters. The third-order valence-corrected chi connectivity index (χ3v) is 3.45. The molecule has 0 saturated carbocycles. The molecule has 2 N–H and O–H groups in total. The Morgan fingerprint density at radius 1 is 1.00 bits per heavy atom. The van der Waals surface area contributed by atoms with Crippen LogP contribution in [-0.4, -0.2) is 7.05 Å². The number of anilines is 2.